The second-order valence-corrected chi connectivity index (χ2v) is 5.52. The van der Waals surface area contributed by atoms with E-state index in [-0.39, 0.29) is 23.2 Å². The van der Waals surface area contributed by atoms with Gasteiger partial charge in [-0.05, 0) is 18.4 Å². The summed E-state index contributed by atoms with van der Waals surface area (Å²) >= 11 is 3.30. The monoisotopic (exact) mass is 346 g/mol. The van der Waals surface area contributed by atoms with Crippen molar-refractivity contribution in [3.8, 4) is 0 Å². The largest absolute Gasteiger partial charge is 0.349 e. The molecule has 0 bridgehead atoms. The predicted octanol–water partition coefficient (Wildman–Crippen LogP) is 3.27. The van der Waals surface area contributed by atoms with Crippen LogP contribution in [0.3, 0.4) is 0 Å². The lowest BCUT2D eigenvalue weighted by atomic mass is 10.0. The summed E-state index contributed by atoms with van der Waals surface area (Å²) < 4.78 is 13.7. The average Bonchev–Trinajstić information content (AvgIpc) is 2.37. The number of halogens is 2. The highest BCUT2D eigenvalue weighted by Crippen LogP contribution is 2.17. The van der Waals surface area contributed by atoms with Gasteiger partial charge in [0.05, 0.1) is 16.6 Å². The number of benzene rings is 1. The quantitative estimate of drug-likeness (QED) is 0.488. The summed E-state index contributed by atoms with van der Waals surface area (Å²) in [6.07, 6.45) is 0.720. The number of nitrogens with one attached hydrogen (secondary N) is 1. The van der Waals surface area contributed by atoms with Crippen molar-refractivity contribution in [3.05, 3.63) is 39.7 Å². The molecule has 20 heavy (non-hydrogen) atoms. The van der Waals surface area contributed by atoms with E-state index in [1.165, 1.54) is 0 Å². The molecule has 0 fully saturated rings. The Morgan fingerprint density at radius 2 is 2.15 bits per heavy atom. The number of amides is 1. The lowest BCUT2D eigenvalue weighted by molar-refractivity contribution is -0.385. The van der Waals surface area contributed by atoms with E-state index in [2.05, 4.69) is 21.2 Å². The number of rotatable bonds is 6. The Hall–Kier alpha value is -1.50. The molecule has 0 aliphatic rings. The molecule has 0 aliphatic carbocycles. The molecular formula is C13H16BrFN2O3. The number of nitro groups is 1. The highest BCUT2D eigenvalue weighted by atomic mass is 79.9. The summed E-state index contributed by atoms with van der Waals surface area (Å²) in [7, 11) is 0. The summed E-state index contributed by atoms with van der Waals surface area (Å²) in [6, 6.07) is 2.92. The summed E-state index contributed by atoms with van der Waals surface area (Å²) in [6.45, 7) is 3.92. The maximum atomic E-state index is 13.7. The van der Waals surface area contributed by atoms with E-state index in [1.54, 1.807) is 0 Å². The molecule has 7 heteroatoms. The molecule has 0 aromatic heterocycles. The summed E-state index contributed by atoms with van der Waals surface area (Å²) in [5, 5.41) is 14.0. The van der Waals surface area contributed by atoms with Gasteiger partial charge in [-0.2, -0.15) is 0 Å². The van der Waals surface area contributed by atoms with Crippen LogP contribution in [0.15, 0.2) is 18.2 Å². The predicted molar refractivity (Wildman–Crippen MR) is 77.6 cm³/mol. The first kappa shape index (κ1) is 16.6. The van der Waals surface area contributed by atoms with E-state index in [0.29, 0.717) is 0 Å². The molecule has 0 spiro atoms. The first-order valence-corrected chi connectivity index (χ1v) is 7.29. The van der Waals surface area contributed by atoms with Crippen molar-refractivity contribution in [2.45, 2.75) is 26.3 Å². The van der Waals surface area contributed by atoms with Gasteiger partial charge in [0.1, 0.15) is 5.82 Å². The third-order valence-corrected chi connectivity index (χ3v) is 3.41. The minimum atomic E-state index is -0.891. The second kappa shape index (κ2) is 7.33. The first-order chi connectivity index (χ1) is 9.36. The van der Waals surface area contributed by atoms with Gasteiger partial charge in [-0.15, -0.1) is 0 Å². The average molecular weight is 347 g/mol. The lowest BCUT2D eigenvalue weighted by Gasteiger charge is -2.21. The van der Waals surface area contributed by atoms with Crippen LogP contribution in [0.4, 0.5) is 10.1 Å². The smallest absolute Gasteiger partial charge is 0.272 e. The number of non-ortho nitro benzene ring substituents is 1. The maximum Gasteiger partial charge on any atom is 0.272 e. The van der Waals surface area contributed by atoms with Crippen molar-refractivity contribution < 1.29 is 14.1 Å². The Morgan fingerprint density at radius 3 is 2.60 bits per heavy atom. The Bertz CT molecular complexity index is 508. The number of carbonyl (C=O) groups is 1. The summed E-state index contributed by atoms with van der Waals surface area (Å²) in [4.78, 5) is 21.8. The van der Waals surface area contributed by atoms with E-state index >= 15 is 0 Å². The summed E-state index contributed by atoms with van der Waals surface area (Å²) in [5.41, 5.74) is -0.559. The second-order valence-electron chi connectivity index (χ2n) is 4.72. The fourth-order valence-electron chi connectivity index (χ4n) is 1.74. The highest BCUT2D eigenvalue weighted by Gasteiger charge is 2.20. The molecule has 0 aliphatic heterocycles. The molecule has 0 saturated heterocycles. The van der Waals surface area contributed by atoms with Crippen molar-refractivity contribution in [2.24, 2.45) is 5.92 Å². The van der Waals surface area contributed by atoms with Crippen LogP contribution in [0.1, 0.15) is 30.6 Å². The number of hydrogen-bond acceptors (Lipinski definition) is 3. The molecule has 1 aromatic carbocycles. The van der Waals surface area contributed by atoms with Crippen molar-refractivity contribution in [1.82, 2.24) is 5.32 Å². The third-order valence-electron chi connectivity index (χ3n) is 2.95. The maximum absolute atomic E-state index is 13.7. The van der Waals surface area contributed by atoms with Gasteiger partial charge >= 0.3 is 0 Å². The van der Waals surface area contributed by atoms with Gasteiger partial charge in [-0.1, -0.05) is 29.8 Å². The molecule has 110 valence electrons. The van der Waals surface area contributed by atoms with E-state index in [0.717, 1.165) is 30.0 Å². The van der Waals surface area contributed by atoms with Crippen molar-refractivity contribution >= 4 is 27.5 Å². The number of nitro benzene ring substituents is 1. The van der Waals surface area contributed by atoms with Gasteiger partial charge in [0.25, 0.3) is 11.6 Å². The SMILES string of the molecule is CC(C)C(CCBr)NC(=O)c1ccc([N+](=O)[O-])cc1F. The minimum absolute atomic E-state index is 0.0866. The normalized spacial score (nSPS) is 12.2. The Kier molecular flexibility index (Phi) is 6.06. The molecular weight excluding hydrogens is 331 g/mol. The lowest BCUT2D eigenvalue weighted by Crippen LogP contribution is -2.39. The standard InChI is InChI=1S/C13H16BrFN2O3/c1-8(2)12(5-6-14)16-13(18)10-4-3-9(17(19)20)7-11(10)15/h3-4,7-8,12H,5-6H2,1-2H3,(H,16,18). The topological polar surface area (TPSA) is 72.2 Å². The Labute approximate surface area is 124 Å². The van der Waals surface area contributed by atoms with Gasteiger partial charge < -0.3 is 5.32 Å². The molecule has 0 heterocycles. The highest BCUT2D eigenvalue weighted by molar-refractivity contribution is 9.09. The molecule has 0 saturated carbocycles. The van der Waals surface area contributed by atoms with Crippen LogP contribution in [0.2, 0.25) is 0 Å². The van der Waals surface area contributed by atoms with Crippen molar-refractivity contribution in [1.29, 1.82) is 0 Å². The zero-order valence-corrected chi connectivity index (χ0v) is 12.8. The van der Waals surface area contributed by atoms with Crippen LogP contribution in [0, 0.1) is 21.8 Å². The van der Waals surface area contributed by atoms with Gasteiger partial charge in [0, 0.05) is 17.4 Å². The van der Waals surface area contributed by atoms with E-state index in [1.807, 2.05) is 13.8 Å². The number of hydrogen-bond donors (Lipinski definition) is 1. The summed E-state index contributed by atoms with van der Waals surface area (Å²) in [5.74, 6) is -1.24. The molecule has 0 radical (unpaired) electrons. The van der Waals surface area contributed by atoms with Gasteiger partial charge in [0.2, 0.25) is 0 Å². The Balaban J connectivity index is 2.89. The number of alkyl halides is 1. The number of nitrogens with zero attached hydrogens (tertiary/aromatic N) is 1. The van der Waals surface area contributed by atoms with Crippen LogP contribution in [0.25, 0.3) is 0 Å². The molecule has 1 rings (SSSR count). The fourth-order valence-corrected chi connectivity index (χ4v) is 2.23. The Morgan fingerprint density at radius 1 is 1.50 bits per heavy atom. The van der Waals surface area contributed by atoms with Crippen LogP contribution in [-0.4, -0.2) is 22.2 Å². The molecule has 1 N–H and O–H groups in total. The molecule has 5 nitrogen and oxygen atoms in total. The van der Waals surface area contributed by atoms with Crippen molar-refractivity contribution in [3.63, 3.8) is 0 Å². The zero-order valence-electron chi connectivity index (χ0n) is 11.2. The molecule has 1 unspecified atom stereocenters. The van der Waals surface area contributed by atoms with Gasteiger partial charge in [0.15, 0.2) is 0 Å². The van der Waals surface area contributed by atoms with Gasteiger partial charge in [-0.3, -0.25) is 14.9 Å². The van der Waals surface area contributed by atoms with Crippen LogP contribution in [0.5, 0.6) is 0 Å². The third kappa shape index (κ3) is 4.26. The molecule has 1 amide bonds. The van der Waals surface area contributed by atoms with Gasteiger partial charge in [-0.25, -0.2) is 4.39 Å². The van der Waals surface area contributed by atoms with Crippen LogP contribution >= 0.6 is 15.9 Å². The van der Waals surface area contributed by atoms with E-state index < -0.39 is 16.6 Å². The van der Waals surface area contributed by atoms with Crippen molar-refractivity contribution in [2.75, 3.05) is 5.33 Å². The fraction of sp³-hybridized carbons (Fsp3) is 0.462. The number of carbonyl (C=O) groups excluding carboxylic acids is 1. The zero-order chi connectivity index (χ0) is 15.3. The minimum Gasteiger partial charge on any atom is -0.349 e. The van der Waals surface area contributed by atoms with Crippen LogP contribution < -0.4 is 5.32 Å². The van der Waals surface area contributed by atoms with E-state index in [9.17, 15) is 19.3 Å². The molecule has 1 atom stereocenters. The first-order valence-electron chi connectivity index (χ1n) is 6.17. The molecule has 1 aromatic rings. The van der Waals surface area contributed by atoms with Crippen LogP contribution in [-0.2, 0) is 0 Å². The van der Waals surface area contributed by atoms with E-state index in [4.69, 9.17) is 0 Å².